The molecule has 1 aromatic carbocycles. The molecule has 100 valence electrons. The van der Waals surface area contributed by atoms with Crippen LogP contribution in [-0.2, 0) is 10.0 Å². The van der Waals surface area contributed by atoms with E-state index in [1.807, 2.05) is 0 Å². The molecule has 0 aliphatic rings. The van der Waals surface area contributed by atoms with Gasteiger partial charge in [-0.25, -0.2) is 17.8 Å². The first-order valence-corrected chi connectivity index (χ1v) is 6.87. The number of pyridine rings is 1. The number of hydrogen-bond donors (Lipinski definition) is 2. The van der Waals surface area contributed by atoms with Crippen LogP contribution >= 0.6 is 0 Å². The van der Waals surface area contributed by atoms with Crippen LogP contribution in [0.15, 0.2) is 41.4 Å². The molecule has 5 nitrogen and oxygen atoms in total. The van der Waals surface area contributed by atoms with Crippen molar-refractivity contribution in [2.45, 2.75) is 11.8 Å². The Hall–Kier alpha value is -2.15. The molecule has 0 fully saturated rings. The second-order valence-corrected chi connectivity index (χ2v) is 5.64. The summed E-state index contributed by atoms with van der Waals surface area (Å²) in [5.41, 5.74) is 6.13. The maximum Gasteiger partial charge on any atom is 0.262 e. The number of nitrogens with zero attached hydrogens (tertiary/aromatic N) is 1. The molecule has 0 unspecified atom stereocenters. The fourth-order valence-electron chi connectivity index (χ4n) is 1.54. The molecule has 0 spiro atoms. The Morgan fingerprint density at radius 1 is 1.26 bits per heavy atom. The van der Waals surface area contributed by atoms with Gasteiger partial charge in [0.05, 0.1) is 16.8 Å². The standard InChI is InChI=1S/C12H12FN3O2S/c1-8-2-3-9(13)6-11(8)19(17,18)16-10-4-5-12(14)15-7-10/h2-7,16H,1H3,(H2,14,15). The minimum absolute atomic E-state index is 0.107. The number of aromatic nitrogens is 1. The van der Waals surface area contributed by atoms with E-state index in [0.29, 0.717) is 5.56 Å². The summed E-state index contributed by atoms with van der Waals surface area (Å²) in [5, 5.41) is 0. The van der Waals surface area contributed by atoms with Crippen molar-refractivity contribution < 1.29 is 12.8 Å². The van der Waals surface area contributed by atoms with E-state index in [-0.39, 0.29) is 16.4 Å². The number of rotatable bonds is 3. The van der Waals surface area contributed by atoms with Crippen molar-refractivity contribution in [2.75, 3.05) is 10.5 Å². The topological polar surface area (TPSA) is 85.1 Å². The number of nitrogens with one attached hydrogen (secondary N) is 1. The Labute approximate surface area is 110 Å². The van der Waals surface area contributed by atoms with E-state index in [4.69, 9.17) is 5.73 Å². The number of anilines is 2. The summed E-state index contributed by atoms with van der Waals surface area (Å²) >= 11 is 0. The van der Waals surface area contributed by atoms with E-state index in [0.717, 1.165) is 6.07 Å². The van der Waals surface area contributed by atoms with Crippen LogP contribution in [0, 0.1) is 12.7 Å². The highest BCUT2D eigenvalue weighted by molar-refractivity contribution is 7.92. The molecule has 3 N–H and O–H groups in total. The Kier molecular flexibility index (Phi) is 3.39. The van der Waals surface area contributed by atoms with Crippen LogP contribution in [0.1, 0.15) is 5.56 Å². The van der Waals surface area contributed by atoms with Gasteiger partial charge in [0.25, 0.3) is 10.0 Å². The second kappa shape index (κ2) is 4.85. The van der Waals surface area contributed by atoms with Gasteiger partial charge in [-0.1, -0.05) is 6.07 Å². The number of aryl methyl sites for hydroxylation is 1. The molecule has 0 radical (unpaired) electrons. The van der Waals surface area contributed by atoms with E-state index >= 15 is 0 Å². The lowest BCUT2D eigenvalue weighted by Crippen LogP contribution is -2.14. The number of hydrogen-bond acceptors (Lipinski definition) is 4. The van der Waals surface area contributed by atoms with Gasteiger partial charge in [-0.05, 0) is 36.8 Å². The van der Waals surface area contributed by atoms with Gasteiger partial charge >= 0.3 is 0 Å². The Morgan fingerprint density at radius 2 is 2.00 bits per heavy atom. The molecule has 2 rings (SSSR count). The van der Waals surface area contributed by atoms with Crippen molar-refractivity contribution in [3.63, 3.8) is 0 Å². The molecule has 2 aromatic rings. The van der Waals surface area contributed by atoms with E-state index in [1.165, 1.54) is 30.5 Å². The molecule has 7 heteroatoms. The predicted molar refractivity (Wildman–Crippen MR) is 70.6 cm³/mol. The van der Waals surface area contributed by atoms with E-state index < -0.39 is 15.8 Å². The quantitative estimate of drug-likeness (QED) is 0.900. The third-order valence-corrected chi connectivity index (χ3v) is 4.00. The zero-order chi connectivity index (χ0) is 14.0. The first-order chi connectivity index (χ1) is 8.88. The number of sulfonamides is 1. The number of benzene rings is 1. The molecular formula is C12H12FN3O2S. The molecule has 0 aliphatic heterocycles. The van der Waals surface area contributed by atoms with Crippen molar-refractivity contribution >= 4 is 21.5 Å². The van der Waals surface area contributed by atoms with Gasteiger partial charge in [-0.3, -0.25) is 4.72 Å². The van der Waals surface area contributed by atoms with Gasteiger partial charge < -0.3 is 5.73 Å². The van der Waals surface area contributed by atoms with Gasteiger partial charge in [0, 0.05) is 0 Å². The summed E-state index contributed by atoms with van der Waals surface area (Å²) in [7, 11) is -3.85. The van der Waals surface area contributed by atoms with Gasteiger partial charge in [0.15, 0.2) is 0 Å². The molecule has 1 heterocycles. The lowest BCUT2D eigenvalue weighted by atomic mass is 10.2. The molecule has 0 amide bonds. The number of nitrogen functional groups attached to an aromatic ring is 1. The number of nitrogens with two attached hydrogens (primary N) is 1. The first kappa shape index (κ1) is 13.3. The third kappa shape index (κ3) is 3.00. The highest BCUT2D eigenvalue weighted by atomic mass is 32.2. The molecule has 0 saturated heterocycles. The zero-order valence-electron chi connectivity index (χ0n) is 10.1. The summed E-state index contributed by atoms with van der Waals surface area (Å²) in [6.45, 7) is 1.59. The molecule has 0 bridgehead atoms. The summed E-state index contributed by atoms with van der Waals surface area (Å²) in [6.07, 6.45) is 1.29. The maximum absolute atomic E-state index is 13.1. The molecular weight excluding hydrogens is 269 g/mol. The van der Waals surface area contributed by atoms with Gasteiger partial charge in [0.2, 0.25) is 0 Å². The summed E-state index contributed by atoms with van der Waals surface area (Å²) < 4.78 is 39.7. The van der Waals surface area contributed by atoms with Crippen molar-refractivity contribution in [1.82, 2.24) is 4.98 Å². The Bertz CT molecular complexity index is 699. The van der Waals surface area contributed by atoms with Crippen LogP contribution in [-0.4, -0.2) is 13.4 Å². The molecule has 1 aromatic heterocycles. The molecule has 0 aliphatic carbocycles. The number of halogens is 1. The summed E-state index contributed by atoms with van der Waals surface area (Å²) in [4.78, 5) is 3.67. The first-order valence-electron chi connectivity index (χ1n) is 5.39. The lowest BCUT2D eigenvalue weighted by Gasteiger charge is -2.10. The van der Waals surface area contributed by atoms with E-state index in [1.54, 1.807) is 6.92 Å². The normalized spacial score (nSPS) is 11.3. The monoisotopic (exact) mass is 281 g/mol. The smallest absolute Gasteiger partial charge is 0.262 e. The average Bonchev–Trinajstić information content (AvgIpc) is 2.35. The van der Waals surface area contributed by atoms with Crippen LogP contribution in [0.25, 0.3) is 0 Å². The van der Waals surface area contributed by atoms with Gasteiger partial charge in [-0.2, -0.15) is 0 Å². The molecule has 0 atom stereocenters. The highest BCUT2D eigenvalue weighted by Crippen LogP contribution is 2.20. The average molecular weight is 281 g/mol. The maximum atomic E-state index is 13.1. The third-order valence-electron chi connectivity index (χ3n) is 2.48. The van der Waals surface area contributed by atoms with Gasteiger partial charge in [-0.15, -0.1) is 0 Å². The van der Waals surface area contributed by atoms with E-state index in [9.17, 15) is 12.8 Å². The van der Waals surface area contributed by atoms with Gasteiger partial charge in [0.1, 0.15) is 11.6 Å². The van der Waals surface area contributed by atoms with Crippen molar-refractivity contribution in [3.8, 4) is 0 Å². The van der Waals surface area contributed by atoms with Crippen molar-refractivity contribution in [2.24, 2.45) is 0 Å². The zero-order valence-corrected chi connectivity index (χ0v) is 10.9. The fraction of sp³-hybridized carbons (Fsp3) is 0.0833. The van der Waals surface area contributed by atoms with Crippen LogP contribution in [0.2, 0.25) is 0 Å². The second-order valence-electron chi connectivity index (χ2n) is 3.99. The van der Waals surface area contributed by atoms with Crippen LogP contribution in [0.5, 0.6) is 0 Å². The minimum Gasteiger partial charge on any atom is -0.384 e. The molecule has 0 saturated carbocycles. The lowest BCUT2D eigenvalue weighted by molar-refractivity contribution is 0.594. The summed E-state index contributed by atoms with van der Waals surface area (Å²) in [6, 6.07) is 6.54. The van der Waals surface area contributed by atoms with E-state index in [2.05, 4.69) is 9.71 Å². The fourth-order valence-corrected chi connectivity index (χ4v) is 2.84. The Morgan fingerprint density at radius 3 is 2.63 bits per heavy atom. The largest absolute Gasteiger partial charge is 0.384 e. The van der Waals surface area contributed by atoms with Crippen LogP contribution in [0.4, 0.5) is 15.9 Å². The highest BCUT2D eigenvalue weighted by Gasteiger charge is 2.17. The van der Waals surface area contributed by atoms with Crippen LogP contribution in [0.3, 0.4) is 0 Å². The SMILES string of the molecule is Cc1ccc(F)cc1S(=O)(=O)Nc1ccc(N)nc1. The summed E-state index contributed by atoms with van der Waals surface area (Å²) in [5.74, 6) is -0.328. The molecule has 19 heavy (non-hydrogen) atoms. The van der Waals surface area contributed by atoms with Crippen LogP contribution < -0.4 is 10.5 Å². The Balaban J connectivity index is 2.37. The predicted octanol–water partition coefficient (Wildman–Crippen LogP) is 1.91. The minimum atomic E-state index is -3.85. The van der Waals surface area contributed by atoms with Crippen molar-refractivity contribution in [1.29, 1.82) is 0 Å². The van der Waals surface area contributed by atoms with Crippen molar-refractivity contribution in [3.05, 3.63) is 47.9 Å².